The molecule has 0 atom stereocenters. The molecule has 3 aromatic rings. The second-order valence-corrected chi connectivity index (χ2v) is 6.27. The summed E-state index contributed by atoms with van der Waals surface area (Å²) in [7, 11) is 0. The number of aromatic nitrogens is 4. The van der Waals surface area contributed by atoms with Crippen LogP contribution in [0.5, 0.6) is 0 Å². The van der Waals surface area contributed by atoms with Gasteiger partial charge in [0.15, 0.2) is 0 Å². The van der Waals surface area contributed by atoms with Gasteiger partial charge in [0, 0.05) is 11.1 Å². The molecule has 4 heterocycles. The molecule has 1 amide bonds. The van der Waals surface area contributed by atoms with Gasteiger partial charge in [-0.1, -0.05) is 11.1 Å². The summed E-state index contributed by atoms with van der Waals surface area (Å²) in [5, 5.41) is 17.7. The van der Waals surface area contributed by atoms with Gasteiger partial charge in [-0.15, -0.1) is 10.3 Å². The zero-order valence-electron chi connectivity index (χ0n) is 14.6. The zero-order chi connectivity index (χ0) is 19.3. The molecule has 0 saturated carbocycles. The highest BCUT2D eigenvalue weighted by Gasteiger charge is 2.36. The number of cyclic esters (lactones) is 1. The standard InChI is InChI=1S/C18H12N6O4/c1-9-14(16(25)24(21-9)18-19-22-23-20-18)7-12-3-5-15(28-12)10-2-4-13-11(6-10)8-27-17(13)26/h2-7H,8H2,1H3,(H,19,20,22,23)/p+1. The van der Waals surface area contributed by atoms with Crippen molar-refractivity contribution in [1.82, 2.24) is 15.5 Å². The Labute approximate surface area is 157 Å². The van der Waals surface area contributed by atoms with Crippen LogP contribution in [-0.4, -0.2) is 33.1 Å². The van der Waals surface area contributed by atoms with E-state index in [1.165, 1.54) is 0 Å². The van der Waals surface area contributed by atoms with Crippen LogP contribution in [0.4, 0.5) is 5.95 Å². The van der Waals surface area contributed by atoms with Gasteiger partial charge in [0.25, 0.3) is 0 Å². The molecule has 2 aliphatic rings. The summed E-state index contributed by atoms with van der Waals surface area (Å²) in [6, 6.07) is 8.97. The van der Waals surface area contributed by atoms with E-state index in [0.717, 1.165) is 16.1 Å². The second kappa shape index (κ2) is 5.98. The first-order chi connectivity index (χ1) is 13.6. The number of esters is 1. The van der Waals surface area contributed by atoms with Crippen molar-refractivity contribution in [3.63, 3.8) is 0 Å². The number of hydrogen-bond donors (Lipinski definition) is 1. The number of hydrazone groups is 1. The number of H-pyrrole nitrogens is 2. The van der Waals surface area contributed by atoms with Crippen LogP contribution in [0.2, 0.25) is 0 Å². The fraction of sp³-hybridized carbons (Fsp3) is 0.111. The minimum Gasteiger partial charge on any atom is -0.457 e. The van der Waals surface area contributed by atoms with Gasteiger partial charge in [-0.25, -0.2) is 4.79 Å². The van der Waals surface area contributed by atoms with Gasteiger partial charge in [0.05, 0.1) is 21.9 Å². The molecule has 2 aromatic heterocycles. The Balaban J connectivity index is 1.43. The number of hydrogen-bond acceptors (Lipinski definition) is 7. The van der Waals surface area contributed by atoms with Crippen LogP contribution in [-0.2, 0) is 16.1 Å². The van der Waals surface area contributed by atoms with Crippen LogP contribution < -0.4 is 10.1 Å². The smallest absolute Gasteiger partial charge is 0.430 e. The Morgan fingerprint density at radius 1 is 1.25 bits per heavy atom. The average molecular weight is 377 g/mol. The molecule has 5 rings (SSSR count). The molecule has 28 heavy (non-hydrogen) atoms. The highest BCUT2D eigenvalue weighted by molar-refractivity contribution is 6.31. The molecule has 10 heteroatoms. The number of furan rings is 1. The van der Waals surface area contributed by atoms with E-state index >= 15 is 0 Å². The van der Waals surface area contributed by atoms with Crippen molar-refractivity contribution >= 4 is 29.6 Å². The lowest BCUT2D eigenvalue weighted by Crippen LogP contribution is -2.27. The van der Waals surface area contributed by atoms with Crippen LogP contribution in [0.15, 0.2) is 45.4 Å². The third kappa shape index (κ3) is 2.50. The van der Waals surface area contributed by atoms with Gasteiger partial charge in [-0.05, 0) is 37.3 Å². The van der Waals surface area contributed by atoms with Crippen LogP contribution >= 0.6 is 0 Å². The van der Waals surface area contributed by atoms with E-state index < -0.39 is 0 Å². The van der Waals surface area contributed by atoms with Crippen molar-refractivity contribution < 1.29 is 23.8 Å². The minimum absolute atomic E-state index is 0.197. The van der Waals surface area contributed by atoms with Crippen molar-refractivity contribution in [1.29, 1.82) is 0 Å². The molecule has 0 radical (unpaired) electrons. The molecule has 2 N–H and O–H groups in total. The maximum Gasteiger partial charge on any atom is 0.430 e. The Hall–Kier alpha value is -4.08. The summed E-state index contributed by atoms with van der Waals surface area (Å²) in [6.07, 6.45) is 1.63. The monoisotopic (exact) mass is 377 g/mol. The highest BCUT2D eigenvalue weighted by atomic mass is 16.5. The average Bonchev–Trinajstić information content (AvgIpc) is 3.47. The molecule has 138 valence electrons. The van der Waals surface area contributed by atoms with E-state index in [1.807, 2.05) is 6.07 Å². The molecular weight excluding hydrogens is 364 g/mol. The number of ether oxygens (including phenoxy) is 1. The summed E-state index contributed by atoms with van der Waals surface area (Å²) in [5.41, 5.74) is 3.15. The molecule has 0 spiro atoms. The van der Waals surface area contributed by atoms with Crippen molar-refractivity contribution in [3.8, 4) is 11.3 Å². The van der Waals surface area contributed by atoms with Gasteiger partial charge < -0.3 is 9.15 Å². The third-order valence-corrected chi connectivity index (χ3v) is 4.51. The normalized spacial score (nSPS) is 17.2. The molecule has 0 unspecified atom stereocenters. The number of rotatable bonds is 3. The number of anilines is 1. The number of carbonyl (C=O) groups is 2. The van der Waals surface area contributed by atoms with Gasteiger partial charge in [0.2, 0.25) is 0 Å². The lowest BCUT2D eigenvalue weighted by atomic mass is 10.0. The fourth-order valence-electron chi connectivity index (χ4n) is 3.11. The topological polar surface area (TPSA) is 128 Å². The molecule has 0 fully saturated rings. The summed E-state index contributed by atoms with van der Waals surface area (Å²) >= 11 is 0. The number of benzene rings is 1. The predicted molar refractivity (Wildman–Crippen MR) is 94.8 cm³/mol. The number of nitrogens with zero attached hydrogens (tertiary/aromatic N) is 4. The summed E-state index contributed by atoms with van der Waals surface area (Å²) < 4.78 is 10.9. The van der Waals surface area contributed by atoms with E-state index in [0.29, 0.717) is 28.4 Å². The van der Waals surface area contributed by atoms with Gasteiger partial charge in [0.1, 0.15) is 23.3 Å². The largest absolute Gasteiger partial charge is 0.457 e. The molecule has 1 aromatic carbocycles. The first-order valence-electron chi connectivity index (χ1n) is 8.41. The first-order valence-corrected chi connectivity index (χ1v) is 8.41. The summed E-state index contributed by atoms with van der Waals surface area (Å²) in [6.45, 7) is 1.99. The van der Waals surface area contributed by atoms with Crippen molar-refractivity contribution in [2.75, 3.05) is 5.01 Å². The number of tetrazole rings is 1. The maximum absolute atomic E-state index is 12.6. The van der Waals surface area contributed by atoms with Gasteiger partial charge >= 0.3 is 17.8 Å². The first kappa shape index (κ1) is 16.1. The zero-order valence-corrected chi connectivity index (χ0v) is 14.6. The number of carbonyl (C=O) groups excluding carboxylic acids is 2. The van der Waals surface area contributed by atoms with Crippen LogP contribution in [0, 0.1) is 0 Å². The lowest BCUT2D eigenvalue weighted by molar-refractivity contribution is -0.442. The van der Waals surface area contributed by atoms with E-state index in [-0.39, 0.29) is 24.4 Å². The Morgan fingerprint density at radius 3 is 2.96 bits per heavy atom. The number of aromatic amines is 2. The van der Waals surface area contributed by atoms with E-state index in [4.69, 9.17) is 9.15 Å². The number of nitrogens with one attached hydrogen (secondary N) is 2. The fourth-order valence-corrected chi connectivity index (χ4v) is 3.11. The molecule has 2 aliphatic heterocycles. The number of fused-ring (bicyclic) bond motifs is 1. The summed E-state index contributed by atoms with van der Waals surface area (Å²) in [4.78, 5) is 24.2. The van der Waals surface area contributed by atoms with Crippen molar-refractivity contribution in [2.45, 2.75) is 13.5 Å². The Bertz CT molecular complexity index is 1170. The second-order valence-electron chi connectivity index (χ2n) is 6.27. The minimum atomic E-state index is -0.339. The molecule has 10 nitrogen and oxygen atoms in total. The van der Waals surface area contributed by atoms with E-state index in [9.17, 15) is 9.59 Å². The lowest BCUT2D eigenvalue weighted by Gasteiger charge is -2.00. The van der Waals surface area contributed by atoms with Crippen LogP contribution in [0.3, 0.4) is 0 Å². The van der Waals surface area contributed by atoms with Crippen LogP contribution in [0.1, 0.15) is 28.6 Å². The molecule has 0 aliphatic carbocycles. The van der Waals surface area contributed by atoms with E-state index in [2.05, 4.69) is 25.7 Å². The summed E-state index contributed by atoms with van der Waals surface area (Å²) in [5.74, 6) is 0.675. The van der Waals surface area contributed by atoms with Crippen molar-refractivity contribution in [3.05, 3.63) is 52.8 Å². The molecule has 0 bridgehead atoms. The van der Waals surface area contributed by atoms with Crippen molar-refractivity contribution in [2.24, 2.45) is 5.10 Å². The maximum atomic E-state index is 12.6. The molecule has 0 saturated heterocycles. The number of amides is 1. The predicted octanol–water partition coefficient (Wildman–Crippen LogP) is 1.36. The third-order valence-electron chi connectivity index (χ3n) is 4.51. The highest BCUT2D eigenvalue weighted by Crippen LogP contribution is 2.29. The van der Waals surface area contributed by atoms with Gasteiger partial charge in [-0.2, -0.15) is 5.10 Å². The van der Waals surface area contributed by atoms with Gasteiger partial charge in [-0.3, -0.25) is 4.79 Å². The Kier molecular flexibility index (Phi) is 3.44. The Morgan fingerprint density at radius 2 is 2.14 bits per heavy atom. The molecular formula is C18H13N6O4+. The van der Waals surface area contributed by atoms with E-state index in [1.54, 1.807) is 37.3 Å². The van der Waals surface area contributed by atoms with Crippen LogP contribution in [0.25, 0.3) is 17.4 Å². The SMILES string of the molecule is CC1=NN(c2nn[nH][nH+]2)C(=O)C1=Cc1ccc(-c2ccc3c(c2)COC3=O)o1. The quantitative estimate of drug-likeness (QED) is 0.542.